The molecule has 0 radical (unpaired) electrons. The van der Waals surface area contributed by atoms with Crippen LogP contribution in [0.1, 0.15) is 20.3 Å². The Morgan fingerprint density at radius 2 is 2.00 bits per heavy atom. The van der Waals surface area contributed by atoms with E-state index in [2.05, 4.69) is 19.2 Å². The number of rotatable bonds is 5. The maximum absolute atomic E-state index is 10.9. The number of hydrogen-bond donors (Lipinski definition) is 1. The number of nitrogens with zero attached hydrogens (tertiary/aromatic N) is 1. The van der Waals surface area contributed by atoms with Gasteiger partial charge in [-0.3, -0.25) is 10.1 Å². The van der Waals surface area contributed by atoms with Gasteiger partial charge < -0.3 is 5.32 Å². The highest BCUT2D eigenvalue weighted by Gasteiger charge is 2.17. The molecular weight excluding hydrogens is 263 g/mol. The first kappa shape index (κ1) is 14.1. The molecule has 6 heteroatoms. The van der Waals surface area contributed by atoms with Gasteiger partial charge in [0.25, 0.3) is 5.69 Å². The number of nitro benzene ring substituents is 1. The molecule has 1 aromatic carbocycles. The van der Waals surface area contributed by atoms with Gasteiger partial charge in [-0.15, -0.1) is 0 Å². The van der Waals surface area contributed by atoms with Crippen LogP contribution in [0.25, 0.3) is 0 Å². The third-order valence-electron chi connectivity index (χ3n) is 2.57. The van der Waals surface area contributed by atoms with Crippen molar-refractivity contribution in [3.63, 3.8) is 0 Å². The molecule has 0 saturated heterocycles. The van der Waals surface area contributed by atoms with Gasteiger partial charge in [-0.2, -0.15) is 0 Å². The predicted octanol–water partition coefficient (Wildman–Crippen LogP) is 4.36. The third kappa shape index (κ3) is 3.75. The molecule has 1 aromatic rings. The van der Waals surface area contributed by atoms with Crippen molar-refractivity contribution >= 4 is 34.6 Å². The molecular formula is C11H14Cl2N2O2. The molecule has 0 bridgehead atoms. The van der Waals surface area contributed by atoms with Crippen LogP contribution < -0.4 is 5.32 Å². The summed E-state index contributed by atoms with van der Waals surface area (Å²) >= 11 is 11.6. The van der Waals surface area contributed by atoms with Gasteiger partial charge in [0, 0.05) is 12.6 Å². The van der Waals surface area contributed by atoms with Gasteiger partial charge in [-0.25, -0.2) is 0 Å². The molecule has 0 aromatic heterocycles. The molecule has 1 N–H and O–H groups in total. The quantitative estimate of drug-likeness (QED) is 0.642. The minimum absolute atomic E-state index is 0.0531. The third-order valence-corrected chi connectivity index (χ3v) is 3.30. The lowest BCUT2D eigenvalue weighted by molar-refractivity contribution is -0.383. The highest BCUT2D eigenvalue weighted by molar-refractivity contribution is 6.42. The summed E-state index contributed by atoms with van der Waals surface area (Å²) in [6.45, 7) is 4.79. The molecule has 94 valence electrons. The van der Waals surface area contributed by atoms with Crippen molar-refractivity contribution in [2.24, 2.45) is 5.92 Å². The molecule has 4 nitrogen and oxygen atoms in total. The summed E-state index contributed by atoms with van der Waals surface area (Å²) in [6, 6.07) is 2.76. The second-order valence-electron chi connectivity index (χ2n) is 3.93. The van der Waals surface area contributed by atoms with E-state index in [0.717, 1.165) is 6.42 Å². The van der Waals surface area contributed by atoms with Gasteiger partial charge in [-0.1, -0.05) is 43.5 Å². The number of halogens is 2. The van der Waals surface area contributed by atoms with Gasteiger partial charge in [-0.05, 0) is 12.0 Å². The highest BCUT2D eigenvalue weighted by atomic mass is 35.5. The van der Waals surface area contributed by atoms with Crippen molar-refractivity contribution in [1.82, 2.24) is 0 Å². The van der Waals surface area contributed by atoms with Crippen LogP contribution in [0.2, 0.25) is 10.0 Å². The number of benzene rings is 1. The van der Waals surface area contributed by atoms with E-state index >= 15 is 0 Å². The van der Waals surface area contributed by atoms with Crippen LogP contribution in [-0.4, -0.2) is 11.5 Å². The Labute approximate surface area is 110 Å². The molecule has 0 aliphatic rings. The second kappa shape index (κ2) is 6.07. The summed E-state index contributed by atoms with van der Waals surface area (Å²) < 4.78 is 0. The summed E-state index contributed by atoms with van der Waals surface area (Å²) in [4.78, 5) is 10.4. The van der Waals surface area contributed by atoms with Crippen molar-refractivity contribution in [2.75, 3.05) is 11.9 Å². The Morgan fingerprint density at radius 3 is 2.53 bits per heavy atom. The van der Waals surface area contributed by atoms with Crippen molar-refractivity contribution in [2.45, 2.75) is 20.3 Å². The van der Waals surface area contributed by atoms with E-state index in [1.807, 2.05) is 0 Å². The highest BCUT2D eigenvalue weighted by Crippen LogP contribution is 2.34. The van der Waals surface area contributed by atoms with Gasteiger partial charge in [0.15, 0.2) is 0 Å². The van der Waals surface area contributed by atoms with Crippen molar-refractivity contribution in [3.05, 3.63) is 32.3 Å². The fourth-order valence-electron chi connectivity index (χ4n) is 1.26. The van der Waals surface area contributed by atoms with Crippen LogP contribution in [0, 0.1) is 16.0 Å². The van der Waals surface area contributed by atoms with Crippen LogP contribution in [0.3, 0.4) is 0 Å². The fourth-order valence-corrected chi connectivity index (χ4v) is 1.58. The van der Waals surface area contributed by atoms with Crippen molar-refractivity contribution in [1.29, 1.82) is 0 Å². The van der Waals surface area contributed by atoms with E-state index in [1.165, 1.54) is 12.1 Å². The summed E-state index contributed by atoms with van der Waals surface area (Å²) in [7, 11) is 0. The zero-order valence-electron chi connectivity index (χ0n) is 9.67. The lowest BCUT2D eigenvalue weighted by Gasteiger charge is -2.12. The summed E-state index contributed by atoms with van der Waals surface area (Å²) in [5, 5.41) is 14.4. The molecule has 1 unspecified atom stereocenters. The van der Waals surface area contributed by atoms with E-state index < -0.39 is 4.92 Å². The molecule has 0 spiro atoms. The molecule has 0 amide bonds. The first-order valence-corrected chi connectivity index (χ1v) is 6.08. The second-order valence-corrected chi connectivity index (χ2v) is 4.75. The predicted molar refractivity (Wildman–Crippen MR) is 71.1 cm³/mol. The smallest absolute Gasteiger partial charge is 0.293 e. The number of nitrogens with one attached hydrogen (secondary N) is 1. The van der Waals surface area contributed by atoms with Crippen molar-refractivity contribution < 1.29 is 4.92 Å². The van der Waals surface area contributed by atoms with Crippen LogP contribution in [0.15, 0.2) is 12.1 Å². The largest absolute Gasteiger partial charge is 0.379 e. The monoisotopic (exact) mass is 276 g/mol. The summed E-state index contributed by atoms with van der Waals surface area (Å²) in [6.07, 6.45) is 1.00. The Bertz CT molecular complexity index is 424. The Kier molecular flexibility index (Phi) is 5.02. The van der Waals surface area contributed by atoms with Crippen LogP contribution in [0.4, 0.5) is 11.4 Å². The van der Waals surface area contributed by atoms with E-state index in [9.17, 15) is 10.1 Å². The normalized spacial score (nSPS) is 12.2. The molecule has 1 rings (SSSR count). The SMILES string of the molecule is CCC(C)CNc1cc(Cl)c(Cl)cc1[N+](=O)[O-]. The molecule has 17 heavy (non-hydrogen) atoms. The summed E-state index contributed by atoms with van der Waals surface area (Å²) in [5.74, 6) is 0.434. The van der Waals surface area contributed by atoms with E-state index in [-0.39, 0.29) is 10.7 Å². The van der Waals surface area contributed by atoms with E-state index in [0.29, 0.717) is 23.2 Å². The molecule has 0 fully saturated rings. The van der Waals surface area contributed by atoms with Gasteiger partial charge in [0.05, 0.1) is 15.0 Å². The lowest BCUT2D eigenvalue weighted by atomic mass is 10.1. The maximum atomic E-state index is 10.9. The van der Waals surface area contributed by atoms with Crippen LogP contribution >= 0.6 is 23.2 Å². The zero-order valence-corrected chi connectivity index (χ0v) is 11.2. The van der Waals surface area contributed by atoms with Crippen LogP contribution in [-0.2, 0) is 0 Å². The summed E-state index contributed by atoms with van der Waals surface area (Å²) in [5.41, 5.74) is 0.354. The van der Waals surface area contributed by atoms with Gasteiger partial charge >= 0.3 is 0 Å². The van der Waals surface area contributed by atoms with E-state index in [4.69, 9.17) is 23.2 Å². The number of hydrogen-bond acceptors (Lipinski definition) is 3. The van der Waals surface area contributed by atoms with Gasteiger partial charge in [0.2, 0.25) is 0 Å². The number of anilines is 1. The van der Waals surface area contributed by atoms with Crippen molar-refractivity contribution in [3.8, 4) is 0 Å². The molecule has 1 atom stereocenters. The standard InChI is InChI=1S/C11H14Cl2N2O2/c1-3-7(2)6-14-10-4-8(12)9(13)5-11(10)15(16)17/h4-5,7,14H,3,6H2,1-2H3. The Morgan fingerprint density at radius 1 is 1.41 bits per heavy atom. The topological polar surface area (TPSA) is 55.2 Å². The van der Waals surface area contributed by atoms with Gasteiger partial charge in [0.1, 0.15) is 5.69 Å². The minimum Gasteiger partial charge on any atom is -0.379 e. The Balaban J connectivity index is 2.96. The lowest BCUT2D eigenvalue weighted by Crippen LogP contribution is -2.11. The molecule has 0 aliphatic carbocycles. The average Bonchev–Trinajstić information content (AvgIpc) is 2.29. The molecule has 0 saturated carbocycles. The first-order valence-electron chi connectivity index (χ1n) is 5.33. The van der Waals surface area contributed by atoms with E-state index in [1.54, 1.807) is 0 Å². The maximum Gasteiger partial charge on any atom is 0.293 e. The first-order chi connectivity index (χ1) is 7.95. The fraction of sp³-hybridized carbons (Fsp3) is 0.455. The Hall–Kier alpha value is -1.00. The molecule has 0 aliphatic heterocycles. The average molecular weight is 277 g/mol. The zero-order chi connectivity index (χ0) is 13.0. The number of nitro groups is 1. The minimum atomic E-state index is -0.471. The molecule has 0 heterocycles. The van der Waals surface area contributed by atoms with Crippen LogP contribution in [0.5, 0.6) is 0 Å².